The minimum Gasteiger partial charge on any atom is -0.377 e. The van der Waals surface area contributed by atoms with Crippen molar-refractivity contribution in [2.45, 2.75) is 13.8 Å². The van der Waals surface area contributed by atoms with Crippen LogP contribution in [0, 0.1) is 0 Å². The Labute approximate surface area is 76.3 Å². The lowest BCUT2D eigenvalue weighted by Crippen LogP contribution is -2.13. The van der Waals surface area contributed by atoms with Crippen LogP contribution in [0.2, 0.25) is 0 Å². The van der Waals surface area contributed by atoms with Crippen LogP contribution in [0.1, 0.15) is 13.8 Å². The Bertz CT molecular complexity index is 223. The molecule has 0 fully saturated rings. The highest BCUT2D eigenvalue weighted by molar-refractivity contribution is 8.13. The lowest BCUT2D eigenvalue weighted by molar-refractivity contribution is -0.112. The van der Waals surface area contributed by atoms with Gasteiger partial charge in [0, 0.05) is 11.8 Å². The van der Waals surface area contributed by atoms with Gasteiger partial charge in [0.15, 0.2) is 11.0 Å². The average Bonchev–Trinajstić information content (AvgIpc) is 1.99. The molecule has 3 N–H and O–H groups in total. The molecule has 0 aromatic heterocycles. The van der Waals surface area contributed by atoms with Gasteiger partial charge in [0.05, 0.1) is 0 Å². The normalized spacial score (nSPS) is 12.9. The highest BCUT2D eigenvalue weighted by atomic mass is 32.2. The van der Waals surface area contributed by atoms with E-state index in [0.717, 1.165) is 0 Å². The highest BCUT2D eigenvalue weighted by Crippen LogP contribution is 1.91. The van der Waals surface area contributed by atoms with Gasteiger partial charge >= 0.3 is 0 Å². The predicted molar refractivity (Wildman–Crippen MR) is 52.7 cm³/mol. The summed E-state index contributed by atoms with van der Waals surface area (Å²) in [5.41, 5.74) is 8.72. The molecule has 0 bridgehead atoms. The molecule has 0 amide bonds. The van der Waals surface area contributed by atoms with E-state index >= 15 is 0 Å². The fourth-order valence-corrected chi connectivity index (χ4v) is 0.663. The second-order valence-electron chi connectivity index (χ2n) is 2.20. The Morgan fingerprint density at radius 2 is 2.17 bits per heavy atom. The van der Waals surface area contributed by atoms with Gasteiger partial charge in [-0.25, -0.2) is 0 Å². The van der Waals surface area contributed by atoms with Crippen molar-refractivity contribution in [3.63, 3.8) is 0 Å². The Morgan fingerprint density at radius 1 is 1.58 bits per heavy atom. The number of hydrogen-bond donors (Lipinski definition) is 2. The van der Waals surface area contributed by atoms with Crippen molar-refractivity contribution >= 4 is 22.7 Å². The molecule has 0 aromatic carbocycles. The van der Waals surface area contributed by atoms with Gasteiger partial charge in [-0.2, -0.15) is 5.10 Å². The molecule has 0 aromatic rings. The zero-order valence-electron chi connectivity index (χ0n) is 7.42. The van der Waals surface area contributed by atoms with E-state index in [1.807, 2.05) is 6.26 Å². The van der Waals surface area contributed by atoms with E-state index in [4.69, 9.17) is 5.73 Å². The first kappa shape index (κ1) is 11.0. The van der Waals surface area contributed by atoms with E-state index in [1.165, 1.54) is 24.8 Å². The average molecular weight is 187 g/mol. The zero-order valence-corrected chi connectivity index (χ0v) is 8.23. The molecule has 0 aliphatic carbocycles. The monoisotopic (exact) mass is 187 g/mol. The molecular formula is C7H13N3OS. The number of allylic oxidation sites excluding steroid dienone is 2. The summed E-state index contributed by atoms with van der Waals surface area (Å²) in [4.78, 5) is 10.6. The van der Waals surface area contributed by atoms with Crippen molar-refractivity contribution in [1.82, 2.24) is 5.43 Å². The number of carbonyl (C=O) groups excluding carboxylic acids is 1. The van der Waals surface area contributed by atoms with Gasteiger partial charge < -0.3 is 5.73 Å². The number of hydrazone groups is 1. The van der Waals surface area contributed by atoms with Crippen molar-refractivity contribution < 1.29 is 4.79 Å². The molecule has 12 heavy (non-hydrogen) atoms. The number of amidine groups is 1. The molecule has 0 saturated heterocycles. The van der Waals surface area contributed by atoms with Gasteiger partial charge in [0.2, 0.25) is 0 Å². The lowest BCUT2D eigenvalue weighted by atomic mass is 10.3. The number of nitrogens with two attached hydrogens (primary N) is 1. The number of nitrogens with one attached hydrogen (secondary N) is 1. The quantitative estimate of drug-likeness (QED) is 0.295. The highest BCUT2D eigenvalue weighted by Gasteiger charge is 1.90. The van der Waals surface area contributed by atoms with Gasteiger partial charge in [-0.3, -0.25) is 10.2 Å². The summed E-state index contributed by atoms with van der Waals surface area (Å²) in [6.45, 7) is 3.23. The van der Waals surface area contributed by atoms with Crippen LogP contribution in [-0.4, -0.2) is 17.2 Å². The molecule has 4 nitrogen and oxygen atoms in total. The molecule has 0 saturated carbocycles. The molecule has 5 heteroatoms. The second-order valence-corrected chi connectivity index (χ2v) is 3.03. The third kappa shape index (κ3) is 5.79. The Kier molecular flexibility index (Phi) is 5.19. The molecule has 0 heterocycles. The smallest absolute Gasteiger partial charge is 0.177 e. The number of nitrogens with zero attached hydrogens (tertiary/aromatic N) is 1. The maximum atomic E-state index is 10.6. The summed E-state index contributed by atoms with van der Waals surface area (Å²) in [5, 5.41) is 4.22. The number of thioether (sulfide) groups is 1. The van der Waals surface area contributed by atoms with Gasteiger partial charge in [0.1, 0.15) is 0 Å². The minimum atomic E-state index is -0.0158. The van der Waals surface area contributed by atoms with E-state index in [2.05, 4.69) is 10.5 Å². The topological polar surface area (TPSA) is 67.5 Å². The number of ketones is 1. The fourth-order valence-electron chi connectivity index (χ4n) is 0.526. The Hall–Kier alpha value is -0.970. The first-order chi connectivity index (χ1) is 5.56. The van der Waals surface area contributed by atoms with Crippen molar-refractivity contribution in [3.05, 3.63) is 11.8 Å². The first-order valence-corrected chi connectivity index (χ1v) is 4.60. The van der Waals surface area contributed by atoms with E-state index in [-0.39, 0.29) is 5.78 Å². The minimum absolute atomic E-state index is 0.0158. The van der Waals surface area contributed by atoms with E-state index in [1.54, 1.807) is 6.92 Å². The van der Waals surface area contributed by atoms with Crippen molar-refractivity contribution in [2.75, 3.05) is 6.26 Å². The summed E-state index contributed by atoms with van der Waals surface area (Å²) in [6.07, 6.45) is 3.28. The molecule has 0 aliphatic rings. The molecule has 0 atom stereocenters. The summed E-state index contributed by atoms with van der Waals surface area (Å²) in [5.74, 6) is -0.0158. The fraction of sp³-hybridized carbons (Fsp3) is 0.429. The van der Waals surface area contributed by atoms with Crippen LogP contribution in [0.15, 0.2) is 16.9 Å². The third-order valence-corrected chi connectivity index (χ3v) is 1.48. The van der Waals surface area contributed by atoms with Crippen molar-refractivity contribution in [2.24, 2.45) is 10.8 Å². The maximum absolute atomic E-state index is 10.6. The Balaban J connectivity index is 4.02. The second kappa shape index (κ2) is 5.65. The van der Waals surface area contributed by atoms with Gasteiger partial charge in [-0.1, -0.05) is 11.8 Å². The van der Waals surface area contributed by atoms with Gasteiger partial charge in [-0.15, -0.1) is 0 Å². The van der Waals surface area contributed by atoms with Gasteiger partial charge in [0.25, 0.3) is 0 Å². The van der Waals surface area contributed by atoms with Crippen LogP contribution in [0.25, 0.3) is 0 Å². The Morgan fingerprint density at radius 3 is 2.58 bits per heavy atom. The number of hydrogen-bond acceptors (Lipinski definition) is 4. The SMILES string of the molecule is CSC(N)=NNC(C)=CC(C)=O. The first-order valence-electron chi connectivity index (χ1n) is 3.38. The summed E-state index contributed by atoms with van der Waals surface area (Å²) >= 11 is 1.34. The predicted octanol–water partition coefficient (Wildman–Crippen LogP) is 0.661. The van der Waals surface area contributed by atoms with E-state index in [9.17, 15) is 4.79 Å². The molecule has 0 aliphatic heterocycles. The van der Waals surface area contributed by atoms with E-state index in [0.29, 0.717) is 10.9 Å². The summed E-state index contributed by atoms with van der Waals surface area (Å²) < 4.78 is 0. The van der Waals surface area contributed by atoms with E-state index < -0.39 is 0 Å². The van der Waals surface area contributed by atoms with Crippen LogP contribution in [-0.2, 0) is 4.79 Å². The zero-order chi connectivity index (χ0) is 9.56. The largest absolute Gasteiger partial charge is 0.377 e. The number of carbonyl (C=O) groups is 1. The van der Waals surface area contributed by atoms with Crippen molar-refractivity contribution in [1.29, 1.82) is 0 Å². The number of rotatable bonds is 3. The molecule has 68 valence electrons. The van der Waals surface area contributed by atoms with Crippen LogP contribution >= 0.6 is 11.8 Å². The molecule has 0 rings (SSSR count). The molecule has 0 unspecified atom stereocenters. The molecule has 0 spiro atoms. The lowest BCUT2D eigenvalue weighted by Gasteiger charge is -1.99. The maximum Gasteiger partial charge on any atom is 0.177 e. The van der Waals surface area contributed by atoms with Crippen LogP contribution in [0.4, 0.5) is 0 Å². The summed E-state index contributed by atoms with van der Waals surface area (Å²) in [7, 11) is 0. The van der Waals surface area contributed by atoms with Crippen LogP contribution in [0.3, 0.4) is 0 Å². The van der Waals surface area contributed by atoms with Crippen LogP contribution in [0.5, 0.6) is 0 Å². The molecular weight excluding hydrogens is 174 g/mol. The van der Waals surface area contributed by atoms with Crippen molar-refractivity contribution in [3.8, 4) is 0 Å². The standard InChI is InChI=1S/C7H13N3OS/c1-5(4-6(2)11)9-10-7(8)12-3/h4,9H,1-3H3,(H2,8,10). The third-order valence-electron chi connectivity index (χ3n) is 0.971. The summed E-state index contributed by atoms with van der Waals surface area (Å²) in [6, 6.07) is 0. The van der Waals surface area contributed by atoms with Gasteiger partial charge in [-0.05, 0) is 20.1 Å². The molecule has 0 radical (unpaired) electrons. The van der Waals surface area contributed by atoms with Crippen LogP contribution < -0.4 is 11.2 Å².